The van der Waals surface area contributed by atoms with E-state index in [1.54, 1.807) is 103 Å². The van der Waals surface area contributed by atoms with Crippen LogP contribution in [0.5, 0.6) is 0 Å². The molecule has 0 unspecified atom stereocenters. The first-order valence-corrected chi connectivity index (χ1v) is 12.7. The smallest absolute Gasteiger partial charge is 0.186 e. The molecule has 7 aromatic rings. The number of aromatic nitrogens is 4. The number of halogens is 4. The van der Waals surface area contributed by atoms with Crippen LogP contribution in [0.25, 0.3) is 61.5 Å². The predicted molar refractivity (Wildman–Crippen MR) is 150 cm³/mol. The molecule has 0 aliphatic rings. The zero-order chi connectivity index (χ0) is 28.1. The summed E-state index contributed by atoms with van der Waals surface area (Å²) >= 11 is 0. The van der Waals surface area contributed by atoms with Crippen LogP contribution in [0.4, 0.5) is 17.6 Å². The van der Waals surface area contributed by atoms with E-state index in [1.165, 1.54) is 10.6 Å². The quantitative estimate of drug-likeness (QED) is 0.164. The molecule has 0 spiro atoms. The SMILES string of the molecule is Fc1c(F)c(-n2c3ccccc3c3ccccc32)c(F)c(F)c1-c1cc(-c2ccccn2)nc(-c2ccccc2)n1. The Labute approximate surface area is 231 Å². The van der Waals surface area contributed by atoms with Crippen molar-refractivity contribution < 1.29 is 17.6 Å². The van der Waals surface area contributed by atoms with Gasteiger partial charge in [-0.3, -0.25) is 4.98 Å². The van der Waals surface area contributed by atoms with Crippen LogP contribution in [0, 0.1) is 23.3 Å². The molecule has 198 valence electrons. The Morgan fingerprint density at radius 2 is 1.07 bits per heavy atom. The molecule has 4 aromatic carbocycles. The van der Waals surface area contributed by atoms with Gasteiger partial charge >= 0.3 is 0 Å². The third-order valence-corrected chi connectivity index (χ3v) is 6.99. The summed E-state index contributed by atoms with van der Waals surface area (Å²) in [5, 5.41) is 1.38. The van der Waals surface area contributed by atoms with E-state index in [1.807, 2.05) is 0 Å². The summed E-state index contributed by atoms with van der Waals surface area (Å²) in [6.45, 7) is 0. The van der Waals surface area contributed by atoms with Crippen molar-refractivity contribution in [3.63, 3.8) is 0 Å². The van der Waals surface area contributed by atoms with Gasteiger partial charge in [0, 0.05) is 22.5 Å². The fourth-order valence-corrected chi connectivity index (χ4v) is 5.14. The lowest BCUT2D eigenvalue weighted by Crippen LogP contribution is -2.10. The molecule has 41 heavy (non-hydrogen) atoms. The van der Waals surface area contributed by atoms with E-state index in [-0.39, 0.29) is 17.2 Å². The Kier molecular flexibility index (Phi) is 5.82. The Hall–Kier alpha value is -5.37. The minimum absolute atomic E-state index is 0.120. The van der Waals surface area contributed by atoms with Crippen molar-refractivity contribution >= 4 is 21.8 Å². The van der Waals surface area contributed by atoms with Crippen LogP contribution >= 0.6 is 0 Å². The molecule has 3 heterocycles. The molecule has 0 radical (unpaired) electrons. The summed E-state index contributed by atoms with van der Waals surface area (Å²) in [6.07, 6.45) is 1.54. The molecule has 0 fully saturated rings. The molecule has 0 N–H and O–H groups in total. The second-order valence-electron chi connectivity index (χ2n) is 9.39. The van der Waals surface area contributed by atoms with Crippen LogP contribution in [-0.4, -0.2) is 19.5 Å². The summed E-state index contributed by atoms with van der Waals surface area (Å²) < 4.78 is 65.2. The van der Waals surface area contributed by atoms with Gasteiger partial charge in [-0.1, -0.05) is 72.8 Å². The highest BCUT2D eigenvalue weighted by atomic mass is 19.2. The number of hydrogen-bond acceptors (Lipinski definition) is 3. The van der Waals surface area contributed by atoms with Gasteiger partial charge in [0.25, 0.3) is 0 Å². The zero-order valence-electron chi connectivity index (χ0n) is 21.2. The summed E-state index contributed by atoms with van der Waals surface area (Å²) in [4.78, 5) is 13.1. The molecular formula is C33H18F4N4. The Morgan fingerprint density at radius 1 is 0.512 bits per heavy atom. The Bertz CT molecular complexity index is 1950. The molecule has 0 saturated carbocycles. The molecule has 0 aliphatic heterocycles. The molecule has 4 nitrogen and oxygen atoms in total. The highest BCUT2D eigenvalue weighted by Crippen LogP contribution is 2.39. The molecule has 8 heteroatoms. The van der Waals surface area contributed by atoms with Crippen LogP contribution in [0.1, 0.15) is 0 Å². The van der Waals surface area contributed by atoms with Gasteiger partial charge in [-0.2, -0.15) is 0 Å². The van der Waals surface area contributed by atoms with Crippen molar-refractivity contribution in [3.05, 3.63) is 133 Å². The molecule has 0 amide bonds. The molecule has 0 saturated heterocycles. The lowest BCUT2D eigenvalue weighted by atomic mass is 10.1. The number of para-hydroxylation sites is 2. The first-order valence-electron chi connectivity index (χ1n) is 12.7. The van der Waals surface area contributed by atoms with E-state index < -0.39 is 34.5 Å². The Balaban J connectivity index is 1.51. The topological polar surface area (TPSA) is 43.6 Å². The first kappa shape index (κ1) is 24.7. The highest BCUT2D eigenvalue weighted by Gasteiger charge is 2.30. The maximum Gasteiger partial charge on any atom is 0.186 e. The van der Waals surface area contributed by atoms with Crippen LogP contribution < -0.4 is 0 Å². The van der Waals surface area contributed by atoms with E-state index in [0.717, 1.165) is 0 Å². The molecule has 0 bridgehead atoms. The summed E-state index contributed by atoms with van der Waals surface area (Å²) in [5.41, 5.74) is -0.0914. The van der Waals surface area contributed by atoms with Crippen molar-refractivity contribution in [2.24, 2.45) is 0 Å². The standard InChI is InChI=1S/C33H18F4N4/c34-28-27(24-18-23(22-14-8-9-17-38-22)39-33(40-24)19-10-2-1-3-11-19)29(35)31(37)32(30(28)36)41-25-15-6-4-12-20(25)21-13-5-7-16-26(21)41/h1-18H. The highest BCUT2D eigenvalue weighted by molar-refractivity contribution is 6.09. The van der Waals surface area contributed by atoms with Crippen molar-refractivity contribution in [1.29, 1.82) is 0 Å². The fourth-order valence-electron chi connectivity index (χ4n) is 5.14. The summed E-state index contributed by atoms with van der Waals surface area (Å²) in [6, 6.07) is 29.0. The summed E-state index contributed by atoms with van der Waals surface area (Å²) in [7, 11) is 0. The number of nitrogens with zero attached hydrogens (tertiary/aromatic N) is 4. The normalized spacial score (nSPS) is 11.4. The van der Waals surface area contributed by atoms with E-state index in [0.29, 0.717) is 33.1 Å². The number of benzene rings is 4. The van der Waals surface area contributed by atoms with Crippen molar-refractivity contribution in [3.8, 4) is 39.7 Å². The molecule has 0 aliphatic carbocycles. The van der Waals surface area contributed by atoms with Gasteiger partial charge in [0.05, 0.1) is 33.7 Å². The van der Waals surface area contributed by atoms with Crippen LogP contribution in [0.2, 0.25) is 0 Å². The third-order valence-electron chi connectivity index (χ3n) is 6.99. The van der Waals surface area contributed by atoms with E-state index in [4.69, 9.17) is 0 Å². The van der Waals surface area contributed by atoms with Gasteiger partial charge in [-0.25, -0.2) is 27.5 Å². The lowest BCUT2D eigenvalue weighted by molar-refractivity contribution is 0.453. The fraction of sp³-hybridized carbons (Fsp3) is 0. The number of rotatable bonds is 4. The maximum atomic E-state index is 16.0. The predicted octanol–water partition coefficient (Wildman–Crippen LogP) is 8.53. The average molecular weight is 547 g/mol. The molecule has 0 atom stereocenters. The van der Waals surface area contributed by atoms with Crippen LogP contribution in [0.15, 0.2) is 109 Å². The van der Waals surface area contributed by atoms with Crippen LogP contribution in [-0.2, 0) is 0 Å². The van der Waals surface area contributed by atoms with Crippen LogP contribution in [0.3, 0.4) is 0 Å². The van der Waals surface area contributed by atoms with Gasteiger partial charge in [0.15, 0.2) is 29.1 Å². The van der Waals surface area contributed by atoms with Crippen molar-refractivity contribution in [1.82, 2.24) is 19.5 Å². The molecule has 3 aromatic heterocycles. The number of fused-ring (bicyclic) bond motifs is 3. The second kappa shape index (κ2) is 9.67. The summed E-state index contributed by atoms with van der Waals surface area (Å²) in [5.74, 6) is -6.08. The zero-order valence-corrected chi connectivity index (χ0v) is 21.2. The maximum absolute atomic E-state index is 16.0. The van der Waals surface area contributed by atoms with Crippen molar-refractivity contribution in [2.75, 3.05) is 0 Å². The average Bonchev–Trinajstić information content (AvgIpc) is 3.35. The van der Waals surface area contributed by atoms with E-state index >= 15 is 17.6 Å². The molecule has 7 rings (SSSR count). The first-order chi connectivity index (χ1) is 20.0. The lowest BCUT2D eigenvalue weighted by Gasteiger charge is -2.15. The third kappa shape index (κ3) is 3.95. The van der Waals surface area contributed by atoms with Gasteiger partial charge in [-0.15, -0.1) is 0 Å². The monoisotopic (exact) mass is 546 g/mol. The number of pyridine rings is 1. The van der Waals surface area contributed by atoms with Gasteiger partial charge < -0.3 is 4.57 Å². The van der Waals surface area contributed by atoms with Gasteiger partial charge in [0.2, 0.25) is 0 Å². The largest absolute Gasteiger partial charge is 0.304 e. The van der Waals surface area contributed by atoms with E-state index in [2.05, 4.69) is 15.0 Å². The second-order valence-corrected chi connectivity index (χ2v) is 9.39. The van der Waals surface area contributed by atoms with E-state index in [9.17, 15) is 0 Å². The van der Waals surface area contributed by atoms with Gasteiger partial charge in [0.1, 0.15) is 5.69 Å². The molecular weight excluding hydrogens is 528 g/mol. The Morgan fingerprint density at radius 3 is 1.68 bits per heavy atom. The van der Waals surface area contributed by atoms with Gasteiger partial charge in [-0.05, 0) is 30.3 Å². The number of hydrogen-bond donors (Lipinski definition) is 0. The minimum atomic E-state index is -1.56. The van der Waals surface area contributed by atoms with Crippen molar-refractivity contribution in [2.45, 2.75) is 0 Å². The minimum Gasteiger partial charge on any atom is -0.304 e.